The summed E-state index contributed by atoms with van der Waals surface area (Å²) in [6.07, 6.45) is 4.05. The van der Waals surface area contributed by atoms with Gasteiger partial charge in [0.1, 0.15) is 0 Å². The first-order valence-electron chi connectivity index (χ1n) is 4.76. The lowest BCUT2D eigenvalue weighted by Crippen LogP contribution is -1.85. The molecule has 1 aromatic rings. The van der Waals surface area contributed by atoms with Gasteiger partial charge in [0.25, 0.3) is 0 Å². The summed E-state index contributed by atoms with van der Waals surface area (Å²) in [6.45, 7) is 2.78. The van der Waals surface area contributed by atoms with Crippen LogP contribution >= 0.6 is 0 Å². The summed E-state index contributed by atoms with van der Waals surface area (Å²) in [5.74, 6) is 0. The number of fused-ring (bicyclic) bond motifs is 1. The van der Waals surface area contributed by atoms with Crippen molar-refractivity contribution >= 4 is 0 Å². The number of rotatable bonds is 2. The van der Waals surface area contributed by atoms with Gasteiger partial charge in [0.2, 0.25) is 0 Å². The van der Waals surface area contributed by atoms with Crippen LogP contribution in [0.3, 0.4) is 0 Å². The molecular weight excluding hydrogens is 160 g/mol. The van der Waals surface area contributed by atoms with Gasteiger partial charge in [0.05, 0.1) is 12.9 Å². The van der Waals surface area contributed by atoms with E-state index in [1.165, 1.54) is 16.7 Å². The van der Waals surface area contributed by atoms with Gasteiger partial charge in [-0.15, -0.1) is 0 Å². The minimum atomic E-state index is 0.764. The first-order valence-corrected chi connectivity index (χ1v) is 4.76. The van der Waals surface area contributed by atoms with Gasteiger partial charge in [-0.2, -0.15) is 0 Å². The van der Waals surface area contributed by atoms with Gasteiger partial charge < -0.3 is 4.74 Å². The highest BCUT2D eigenvalue weighted by molar-refractivity contribution is 5.39. The second kappa shape index (κ2) is 3.65. The van der Waals surface area contributed by atoms with Crippen LogP contribution in [0, 0.1) is 0 Å². The molecule has 0 fully saturated rings. The highest BCUT2D eigenvalue weighted by atomic mass is 16.5. The highest BCUT2D eigenvalue weighted by Gasteiger charge is 2.14. The minimum Gasteiger partial charge on any atom is -0.502 e. The van der Waals surface area contributed by atoms with E-state index in [4.69, 9.17) is 4.74 Å². The number of hydrogen-bond acceptors (Lipinski definition) is 1. The molecule has 0 saturated carbocycles. The van der Waals surface area contributed by atoms with Gasteiger partial charge in [-0.05, 0) is 36.5 Å². The number of hydrogen-bond donors (Lipinski definition) is 0. The predicted molar refractivity (Wildman–Crippen MR) is 53.6 cm³/mol. The molecule has 0 unspecified atom stereocenters. The lowest BCUT2D eigenvalue weighted by atomic mass is 10.1. The van der Waals surface area contributed by atoms with Crippen molar-refractivity contribution in [3.63, 3.8) is 0 Å². The van der Waals surface area contributed by atoms with E-state index in [1.54, 1.807) is 0 Å². The van der Waals surface area contributed by atoms with Crippen molar-refractivity contribution in [1.82, 2.24) is 0 Å². The van der Waals surface area contributed by atoms with Crippen LogP contribution in [-0.2, 0) is 17.6 Å². The maximum absolute atomic E-state index is 5.29. The molecule has 0 aliphatic heterocycles. The summed E-state index contributed by atoms with van der Waals surface area (Å²) < 4.78 is 5.29. The van der Waals surface area contributed by atoms with Gasteiger partial charge in [-0.1, -0.05) is 24.3 Å². The van der Waals surface area contributed by atoms with Crippen LogP contribution in [0.2, 0.25) is 0 Å². The normalized spacial score (nSPS) is 14.1. The molecule has 68 valence electrons. The maximum Gasteiger partial charge on any atom is 0.0845 e. The molecule has 0 radical (unpaired) electrons. The minimum absolute atomic E-state index is 0.764. The summed E-state index contributed by atoms with van der Waals surface area (Å²) in [6, 6.07) is 8.59. The van der Waals surface area contributed by atoms with Gasteiger partial charge in [-0.25, -0.2) is 0 Å². The zero-order chi connectivity index (χ0) is 9.10. The maximum atomic E-state index is 5.29. The van der Waals surface area contributed by atoms with Crippen molar-refractivity contribution < 1.29 is 4.74 Å². The summed E-state index contributed by atoms with van der Waals surface area (Å²) in [7, 11) is 0. The van der Waals surface area contributed by atoms with Crippen LogP contribution in [0.15, 0.2) is 36.1 Å². The van der Waals surface area contributed by atoms with Crippen molar-refractivity contribution in [1.29, 1.82) is 0 Å². The summed E-state index contributed by atoms with van der Waals surface area (Å²) >= 11 is 0. The van der Waals surface area contributed by atoms with Crippen LogP contribution in [0.25, 0.3) is 0 Å². The predicted octanol–water partition coefficient (Wildman–Crippen LogP) is 2.71. The number of benzene rings is 1. The smallest absolute Gasteiger partial charge is 0.0845 e. The second-order valence-electron chi connectivity index (χ2n) is 3.35. The topological polar surface area (TPSA) is 9.23 Å². The molecule has 0 spiro atoms. The van der Waals surface area contributed by atoms with Crippen LogP contribution < -0.4 is 0 Å². The Morgan fingerprint density at radius 2 is 1.85 bits per heavy atom. The van der Waals surface area contributed by atoms with Crippen molar-refractivity contribution in [2.75, 3.05) is 6.61 Å². The quantitative estimate of drug-likeness (QED) is 0.626. The van der Waals surface area contributed by atoms with Gasteiger partial charge in [-0.3, -0.25) is 0 Å². The van der Waals surface area contributed by atoms with E-state index in [0.717, 1.165) is 19.4 Å². The van der Waals surface area contributed by atoms with Crippen molar-refractivity contribution in [2.45, 2.75) is 19.8 Å². The number of allylic oxidation sites excluding steroid dienone is 1. The Hall–Kier alpha value is -1.24. The van der Waals surface area contributed by atoms with Gasteiger partial charge in [0.15, 0.2) is 0 Å². The standard InChI is InChI=1S/C12H14O/c1-2-13-9-10-7-11-5-3-4-6-12(11)8-10/h3-6,9H,2,7-8H2,1H3. The molecule has 0 N–H and O–H groups in total. The van der Waals surface area contributed by atoms with Gasteiger partial charge in [0, 0.05) is 0 Å². The molecule has 2 rings (SSSR count). The lowest BCUT2D eigenvalue weighted by molar-refractivity contribution is 0.265. The Kier molecular flexibility index (Phi) is 2.35. The Morgan fingerprint density at radius 1 is 1.23 bits per heavy atom. The molecule has 1 aliphatic carbocycles. The molecule has 1 heteroatoms. The van der Waals surface area contributed by atoms with Crippen LogP contribution in [-0.4, -0.2) is 6.61 Å². The summed E-state index contributed by atoms with van der Waals surface area (Å²) in [4.78, 5) is 0. The summed E-state index contributed by atoms with van der Waals surface area (Å²) in [5, 5.41) is 0. The molecule has 0 saturated heterocycles. The van der Waals surface area contributed by atoms with E-state index in [9.17, 15) is 0 Å². The molecule has 1 aliphatic rings. The van der Waals surface area contributed by atoms with Crippen molar-refractivity contribution in [2.24, 2.45) is 0 Å². The molecule has 0 heterocycles. The first kappa shape index (κ1) is 8.36. The van der Waals surface area contributed by atoms with E-state index in [-0.39, 0.29) is 0 Å². The third-order valence-corrected chi connectivity index (χ3v) is 2.37. The van der Waals surface area contributed by atoms with Gasteiger partial charge >= 0.3 is 0 Å². The van der Waals surface area contributed by atoms with E-state index >= 15 is 0 Å². The molecule has 0 atom stereocenters. The molecule has 0 amide bonds. The fourth-order valence-corrected chi connectivity index (χ4v) is 1.74. The zero-order valence-corrected chi connectivity index (χ0v) is 7.92. The van der Waals surface area contributed by atoms with Crippen LogP contribution in [0.5, 0.6) is 0 Å². The van der Waals surface area contributed by atoms with E-state index in [1.807, 2.05) is 13.2 Å². The van der Waals surface area contributed by atoms with Crippen LogP contribution in [0.1, 0.15) is 18.1 Å². The molecule has 1 aromatic carbocycles. The fraction of sp³-hybridized carbons (Fsp3) is 0.333. The Balaban J connectivity index is 2.13. The van der Waals surface area contributed by atoms with E-state index in [0.29, 0.717) is 0 Å². The molecular formula is C12H14O. The fourth-order valence-electron chi connectivity index (χ4n) is 1.74. The van der Waals surface area contributed by atoms with E-state index < -0.39 is 0 Å². The monoisotopic (exact) mass is 174 g/mol. The largest absolute Gasteiger partial charge is 0.502 e. The summed E-state index contributed by atoms with van der Waals surface area (Å²) in [5.41, 5.74) is 4.30. The van der Waals surface area contributed by atoms with Crippen molar-refractivity contribution in [3.8, 4) is 0 Å². The molecule has 1 nitrogen and oxygen atoms in total. The second-order valence-corrected chi connectivity index (χ2v) is 3.35. The first-order chi connectivity index (χ1) is 6.40. The average Bonchev–Trinajstić information content (AvgIpc) is 2.57. The third-order valence-electron chi connectivity index (χ3n) is 2.37. The third kappa shape index (κ3) is 1.74. The number of ether oxygens (including phenoxy) is 1. The molecule has 0 bridgehead atoms. The lowest BCUT2D eigenvalue weighted by Gasteiger charge is -1.96. The zero-order valence-electron chi connectivity index (χ0n) is 7.92. The Morgan fingerprint density at radius 3 is 2.38 bits per heavy atom. The van der Waals surface area contributed by atoms with Crippen LogP contribution in [0.4, 0.5) is 0 Å². The molecule has 0 aromatic heterocycles. The van der Waals surface area contributed by atoms with Crippen molar-refractivity contribution in [3.05, 3.63) is 47.2 Å². The average molecular weight is 174 g/mol. The highest BCUT2D eigenvalue weighted by Crippen LogP contribution is 2.25. The SMILES string of the molecule is CCOC=C1Cc2ccccc2C1. The Labute approximate surface area is 79.0 Å². The van der Waals surface area contributed by atoms with E-state index in [2.05, 4.69) is 24.3 Å². The molecule has 13 heavy (non-hydrogen) atoms. The Bertz CT molecular complexity index is 299.